The topological polar surface area (TPSA) is 56.1 Å². The fourth-order valence-electron chi connectivity index (χ4n) is 2.64. The average molecular weight is 315 g/mol. The third kappa shape index (κ3) is 2.95. The third-order valence-corrected chi connectivity index (χ3v) is 4.46. The highest BCUT2D eigenvalue weighted by atomic mass is 32.1. The summed E-state index contributed by atoms with van der Waals surface area (Å²) in [6, 6.07) is 8.40. The number of halogens is 1. The molecule has 1 aliphatic heterocycles. The van der Waals surface area contributed by atoms with Gasteiger partial charge in [0.15, 0.2) is 0 Å². The molecule has 0 atom stereocenters. The molecule has 2 aromatic rings. The Morgan fingerprint density at radius 3 is 3.14 bits per heavy atom. The highest BCUT2D eigenvalue weighted by Crippen LogP contribution is 2.28. The monoisotopic (exact) mass is 315 g/mol. The molecule has 0 aliphatic carbocycles. The van der Waals surface area contributed by atoms with E-state index in [0.29, 0.717) is 10.6 Å². The van der Waals surface area contributed by atoms with Gasteiger partial charge in [-0.2, -0.15) is 5.26 Å². The van der Waals surface area contributed by atoms with Crippen molar-refractivity contribution in [2.75, 3.05) is 23.3 Å². The number of nitrogens with zero attached hydrogens (tertiary/aromatic N) is 2. The van der Waals surface area contributed by atoms with Crippen LogP contribution < -0.4 is 10.2 Å². The maximum absolute atomic E-state index is 13.3. The summed E-state index contributed by atoms with van der Waals surface area (Å²) in [5.74, 6) is -0.418. The maximum Gasteiger partial charge on any atom is 0.244 e. The summed E-state index contributed by atoms with van der Waals surface area (Å²) in [7, 11) is 0. The lowest BCUT2D eigenvalue weighted by atomic mass is 10.0. The Hall–Kier alpha value is -2.39. The smallest absolute Gasteiger partial charge is 0.244 e. The van der Waals surface area contributed by atoms with E-state index in [1.165, 1.54) is 23.5 Å². The predicted molar refractivity (Wildman–Crippen MR) is 84.6 cm³/mol. The van der Waals surface area contributed by atoms with Crippen LogP contribution in [0.25, 0.3) is 0 Å². The first-order valence-corrected chi connectivity index (χ1v) is 7.86. The van der Waals surface area contributed by atoms with E-state index >= 15 is 0 Å². The van der Waals surface area contributed by atoms with Gasteiger partial charge in [-0.15, -0.1) is 11.3 Å². The van der Waals surface area contributed by atoms with E-state index < -0.39 is 0 Å². The van der Waals surface area contributed by atoms with Gasteiger partial charge >= 0.3 is 0 Å². The molecule has 1 amide bonds. The fourth-order valence-corrected chi connectivity index (χ4v) is 3.40. The van der Waals surface area contributed by atoms with Crippen molar-refractivity contribution in [3.05, 3.63) is 46.6 Å². The average Bonchev–Trinajstić information content (AvgIpc) is 2.94. The van der Waals surface area contributed by atoms with Gasteiger partial charge < -0.3 is 10.2 Å². The van der Waals surface area contributed by atoms with Gasteiger partial charge in [0.1, 0.15) is 16.9 Å². The van der Waals surface area contributed by atoms with E-state index in [4.69, 9.17) is 5.26 Å². The van der Waals surface area contributed by atoms with Crippen molar-refractivity contribution in [2.45, 2.75) is 12.8 Å². The Balaban J connectivity index is 1.72. The predicted octanol–water partition coefficient (Wildman–Crippen LogP) is 3.15. The highest BCUT2D eigenvalue weighted by Gasteiger charge is 2.20. The number of nitriles is 1. The van der Waals surface area contributed by atoms with Crippen molar-refractivity contribution in [1.29, 1.82) is 5.26 Å². The lowest BCUT2D eigenvalue weighted by Gasteiger charge is -2.30. The molecule has 22 heavy (non-hydrogen) atoms. The molecule has 112 valence electrons. The minimum absolute atomic E-state index is 0.170. The lowest BCUT2D eigenvalue weighted by Crippen LogP contribution is -2.36. The Kier molecular flexibility index (Phi) is 4.07. The first-order valence-electron chi connectivity index (χ1n) is 6.98. The quantitative estimate of drug-likeness (QED) is 0.946. The van der Waals surface area contributed by atoms with Gasteiger partial charge in [-0.05, 0) is 48.1 Å². The molecule has 0 saturated carbocycles. The van der Waals surface area contributed by atoms with Crippen LogP contribution >= 0.6 is 11.3 Å². The molecule has 4 nitrogen and oxygen atoms in total. The number of amides is 1. The number of anilines is 2. The maximum atomic E-state index is 13.3. The zero-order chi connectivity index (χ0) is 15.5. The second-order valence-electron chi connectivity index (χ2n) is 5.12. The summed E-state index contributed by atoms with van der Waals surface area (Å²) in [4.78, 5) is 14.1. The van der Waals surface area contributed by atoms with Gasteiger partial charge in [0, 0.05) is 12.2 Å². The van der Waals surface area contributed by atoms with Gasteiger partial charge in [-0.25, -0.2) is 4.39 Å². The van der Waals surface area contributed by atoms with Crippen LogP contribution in [0.2, 0.25) is 0 Å². The molecule has 0 fully saturated rings. The van der Waals surface area contributed by atoms with Gasteiger partial charge in [0.25, 0.3) is 0 Å². The standard InChI is InChI=1S/C16H14FN3OS/c17-13-3-4-14-11(8-13)2-1-6-20(14)10-15(21)19-16-12(9-18)5-7-22-16/h3-5,7-8H,1-2,6,10H2,(H,19,21). The van der Waals surface area contributed by atoms with Crippen LogP contribution in [0.1, 0.15) is 17.5 Å². The van der Waals surface area contributed by atoms with Crippen LogP contribution in [0.3, 0.4) is 0 Å². The largest absolute Gasteiger partial charge is 0.362 e. The summed E-state index contributed by atoms with van der Waals surface area (Å²) in [6.45, 7) is 0.961. The molecule has 0 bridgehead atoms. The van der Waals surface area contributed by atoms with E-state index in [1.807, 2.05) is 11.0 Å². The number of carbonyl (C=O) groups is 1. The van der Waals surface area contributed by atoms with Crippen molar-refractivity contribution in [2.24, 2.45) is 0 Å². The SMILES string of the molecule is N#Cc1ccsc1NC(=O)CN1CCCc2cc(F)ccc21. The van der Waals surface area contributed by atoms with E-state index in [2.05, 4.69) is 5.32 Å². The molecular formula is C16H14FN3OS. The molecule has 0 unspecified atom stereocenters. The zero-order valence-electron chi connectivity index (χ0n) is 11.8. The Morgan fingerprint density at radius 1 is 1.45 bits per heavy atom. The molecule has 0 spiro atoms. The second-order valence-corrected chi connectivity index (χ2v) is 6.04. The molecule has 1 aromatic heterocycles. The van der Waals surface area contributed by atoms with Gasteiger partial charge in [-0.1, -0.05) is 0 Å². The number of nitrogens with one attached hydrogen (secondary N) is 1. The highest BCUT2D eigenvalue weighted by molar-refractivity contribution is 7.14. The summed E-state index contributed by atoms with van der Waals surface area (Å²) < 4.78 is 13.3. The van der Waals surface area contributed by atoms with E-state index in [1.54, 1.807) is 17.5 Å². The molecule has 3 rings (SSSR count). The van der Waals surface area contributed by atoms with E-state index in [-0.39, 0.29) is 18.3 Å². The lowest BCUT2D eigenvalue weighted by molar-refractivity contribution is -0.115. The number of hydrogen-bond acceptors (Lipinski definition) is 4. The summed E-state index contributed by atoms with van der Waals surface area (Å²) in [6.07, 6.45) is 1.72. The Morgan fingerprint density at radius 2 is 2.32 bits per heavy atom. The molecular weight excluding hydrogens is 301 g/mol. The molecule has 0 saturated heterocycles. The van der Waals surface area contributed by atoms with Crippen LogP contribution in [0.15, 0.2) is 29.6 Å². The number of benzene rings is 1. The van der Waals surface area contributed by atoms with Crippen molar-refractivity contribution in [3.63, 3.8) is 0 Å². The number of thiophene rings is 1. The van der Waals surface area contributed by atoms with Crippen molar-refractivity contribution < 1.29 is 9.18 Å². The summed E-state index contributed by atoms with van der Waals surface area (Å²) in [5.41, 5.74) is 2.32. The van der Waals surface area contributed by atoms with E-state index in [9.17, 15) is 9.18 Å². The third-order valence-electron chi connectivity index (χ3n) is 3.63. The van der Waals surface area contributed by atoms with Crippen molar-refractivity contribution >= 4 is 27.9 Å². The van der Waals surface area contributed by atoms with Crippen LogP contribution in [0.5, 0.6) is 0 Å². The van der Waals surface area contributed by atoms with Crippen molar-refractivity contribution in [3.8, 4) is 6.07 Å². The minimum atomic E-state index is -0.248. The molecule has 1 aliphatic rings. The van der Waals surface area contributed by atoms with Crippen molar-refractivity contribution in [1.82, 2.24) is 0 Å². The number of rotatable bonds is 3. The zero-order valence-corrected chi connectivity index (χ0v) is 12.6. The molecule has 6 heteroatoms. The number of aryl methyl sites for hydroxylation is 1. The number of carbonyl (C=O) groups excluding carboxylic acids is 1. The summed E-state index contributed by atoms with van der Waals surface area (Å²) in [5, 5.41) is 14.1. The van der Waals surface area contributed by atoms with Crippen LogP contribution in [0.4, 0.5) is 15.1 Å². The summed E-state index contributed by atoms with van der Waals surface area (Å²) >= 11 is 1.33. The van der Waals surface area contributed by atoms with Crippen LogP contribution in [-0.2, 0) is 11.2 Å². The van der Waals surface area contributed by atoms with Crippen LogP contribution in [-0.4, -0.2) is 19.0 Å². The Bertz CT molecular complexity index is 750. The molecule has 0 radical (unpaired) electrons. The van der Waals surface area contributed by atoms with Gasteiger partial charge in [0.05, 0.1) is 12.1 Å². The van der Waals surface area contributed by atoms with Gasteiger partial charge in [-0.3, -0.25) is 4.79 Å². The fraction of sp³-hybridized carbons (Fsp3) is 0.250. The molecule has 2 heterocycles. The first-order chi connectivity index (χ1) is 10.7. The van der Waals surface area contributed by atoms with E-state index in [0.717, 1.165) is 30.6 Å². The van der Waals surface area contributed by atoms with Gasteiger partial charge in [0.2, 0.25) is 5.91 Å². The number of hydrogen-bond donors (Lipinski definition) is 1. The van der Waals surface area contributed by atoms with Crippen LogP contribution in [0, 0.1) is 17.1 Å². The minimum Gasteiger partial charge on any atom is -0.362 e. The number of fused-ring (bicyclic) bond motifs is 1. The second kappa shape index (κ2) is 6.16. The molecule has 1 aromatic carbocycles. The normalized spacial score (nSPS) is 13.4. The first kappa shape index (κ1) is 14.5. The molecule has 1 N–H and O–H groups in total. The Labute approximate surface area is 131 Å².